The summed E-state index contributed by atoms with van der Waals surface area (Å²) in [4.78, 5) is 14.4. The third-order valence-corrected chi connectivity index (χ3v) is 1.84. The van der Waals surface area contributed by atoms with Crippen LogP contribution < -0.4 is 0 Å². The summed E-state index contributed by atoms with van der Waals surface area (Å²) >= 11 is 8.68. The van der Waals surface area contributed by atoms with Crippen LogP contribution in [0.1, 0.15) is 16.1 Å². The number of pyridine rings is 1. The maximum atomic E-state index is 10.7. The molecular weight excluding hydrogens is 269 g/mol. The van der Waals surface area contributed by atoms with E-state index >= 15 is 0 Å². The number of carbonyl (C=O) groups is 1. The summed E-state index contributed by atoms with van der Waals surface area (Å²) in [5.74, 6) is 4.24. The van der Waals surface area contributed by atoms with E-state index in [2.05, 4.69) is 32.8 Å². The van der Waals surface area contributed by atoms with E-state index < -0.39 is 5.97 Å². The minimum absolute atomic E-state index is 0.119. The quantitative estimate of drug-likeness (QED) is 0.485. The minimum Gasteiger partial charge on any atom is -0.476 e. The Labute approximate surface area is 94.2 Å². The van der Waals surface area contributed by atoms with Crippen LogP contribution in [0.15, 0.2) is 12.1 Å². The maximum Gasteiger partial charge on any atom is 0.355 e. The van der Waals surface area contributed by atoms with Gasteiger partial charge in [0.1, 0.15) is 5.15 Å². The number of carboxylic acid groups (broad SMARTS) is 1. The molecule has 1 aromatic heterocycles. The largest absolute Gasteiger partial charge is 0.476 e. The van der Waals surface area contributed by atoms with Gasteiger partial charge in [0.2, 0.25) is 0 Å². The molecule has 0 aromatic carbocycles. The molecule has 14 heavy (non-hydrogen) atoms. The predicted molar refractivity (Wildman–Crippen MR) is 56.9 cm³/mol. The van der Waals surface area contributed by atoms with Crippen molar-refractivity contribution in [3.8, 4) is 11.8 Å². The number of hydrogen-bond donors (Lipinski definition) is 1. The monoisotopic (exact) mass is 273 g/mol. The van der Waals surface area contributed by atoms with Crippen molar-refractivity contribution in [2.75, 3.05) is 5.33 Å². The van der Waals surface area contributed by atoms with Gasteiger partial charge in [-0.05, 0) is 12.1 Å². The van der Waals surface area contributed by atoms with Crippen molar-refractivity contribution in [2.24, 2.45) is 0 Å². The predicted octanol–water partition coefficient (Wildman–Crippen LogP) is 2.18. The summed E-state index contributed by atoms with van der Waals surface area (Å²) < 4.78 is 0. The fraction of sp³-hybridized carbons (Fsp3) is 0.111. The second-order valence-corrected chi connectivity index (χ2v) is 3.22. The van der Waals surface area contributed by atoms with Gasteiger partial charge in [-0.2, -0.15) is 0 Å². The molecule has 0 amide bonds. The molecule has 0 radical (unpaired) electrons. The lowest BCUT2D eigenvalue weighted by molar-refractivity contribution is 0.0690. The summed E-state index contributed by atoms with van der Waals surface area (Å²) in [6.45, 7) is 0. The Balaban J connectivity index is 3.22. The zero-order valence-electron chi connectivity index (χ0n) is 6.92. The van der Waals surface area contributed by atoms with Gasteiger partial charge in [-0.25, -0.2) is 9.78 Å². The van der Waals surface area contributed by atoms with Gasteiger partial charge in [-0.15, -0.1) is 0 Å². The molecule has 0 bridgehead atoms. The van der Waals surface area contributed by atoms with Gasteiger partial charge in [-0.1, -0.05) is 39.4 Å². The first-order chi connectivity index (χ1) is 6.65. The van der Waals surface area contributed by atoms with Gasteiger partial charge in [0.15, 0.2) is 5.69 Å². The van der Waals surface area contributed by atoms with Crippen LogP contribution in [-0.2, 0) is 0 Å². The molecule has 0 saturated heterocycles. The molecule has 0 atom stereocenters. The summed E-state index contributed by atoms with van der Waals surface area (Å²) in [7, 11) is 0. The molecule has 0 spiro atoms. The molecule has 1 aromatic rings. The highest BCUT2D eigenvalue weighted by Crippen LogP contribution is 2.10. The van der Waals surface area contributed by atoms with Crippen molar-refractivity contribution in [3.63, 3.8) is 0 Å². The van der Waals surface area contributed by atoms with Crippen molar-refractivity contribution in [2.45, 2.75) is 0 Å². The van der Waals surface area contributed by atoms with Crippen LogP contribution in [0.3, 0.4) is 0 Å². The van der Waals surface area contributed by atoms with E-state index in [0.717, 1.165) is 0 Å². The number of rotatable bonds is 1. The van der Waals surface area contributed by atoms with Crippen molar-refractivity contribution < 1.29 is 9.90 Å². The maximum absolute atomic E-state index is 10.7. The molecule has 0 unspecified atom stereocenters. The number of hydrogen-bond acceptors (Lipinski definition) is 2. The summed E-state index contributed by atoms with van der Waals surface area (Å²) in [5.41, 5.74) is 0.243. The minimum atomic E-state index is -1.13. The second kappa shape index (κ2) is 4.99. The average molecular weight is 275 g/mol. The highest BCUT2D eigenvalue weighted by molar-refractivity contribution is 9.09. The molecule has 0 aliphatic carbocycles. The van der Waals surface area contributed by atoms with E-state index in [9.17, 15) is 4.79 Å². The van der Waals surface area contributed by atoms with Crippen LogP contribution >= 0.6 is 27.5 Å². The Bertz CT molecular complexity index is 423. The van der Waals surface area contributed by atoms with Gasteiger partial charge in [0.05, 0.1) is 10.9 Å². The Kier molecular flexibility index (Phi) is 3.93. The number of alkyl halides is 1. The van der Waals surface area contributed by atoms with E-state index in [1.54, 1.807) is 0 Å². The first-order valence-electron chi connectivity index (χ1n) is 3.60. The number of carboxylic acids is 1. The highest BCUT2D eigenvalue weighted by Gasteiger charge is 2.10. The normalized spacial score (nSPS) is 9.00. The van der Waals surface area contributed by atoms with E-state index in [1.807, 2.05) is 0 Å². The lowest BCUT2D eigenvalue weighted by Gasteiger charge is -1.97. The van der Waals surface area contributed by atoms with Crippen molar-refractivity contribution in [1.82, 2.24) is 4.98 Å². The molecule has 1 rings (SSSR count). The van der Waals surface area contributed by atoms with Gasteiger partial charge in [0.25, 0.3) is 0 Å². The Hall–Kier alpha value is -1.05. The molecule has 5 heteroatoms. The van der Waals surface area contributed by atoms with Gasteiger partial charge < -0.3 is 5.11 Å². The molecule has 1 heterocycles. The Morgan fingerprint density at radius 2 is 2.36 bits per heavy atom. The fourth-order valence-corrected chi connectivity index (χ4v) is 1.12. The molecule has 0 aliphatic heterocycles. The molecule has 1 N–H and O–H groups in total. The van der Waals surface area contributed by atoms with Crippen LogP contribution in [0.4, 0.5) is 0 Å². The zero-order chi connectivity index (χ0) is 10.6. The van der Waals surface area contributed by atoms with Crippen LogP contribution in [0.25, 0.3) is 0 Å². The molecule has 0 saturated carbocycles. The molecule has 72 valence electrons. The zero-order valence-corrected chi connectivity index (χ0v) is 9.26. The molecule has 0 fully saturated rings. The van der Waals surface area contributed by atoms with E-state index in [4.69, 9.17) is 16.7 Å². The van der Waals surface area contributed by atoms with Crippen LogP contribution in [0, 0.1) is 11.8 Å². The molecule has 0 aliphatic rings. The number of halogens is 2. The number of aromatic nitrogens is 1. The first kappa shape index (κ1) is 11.0. The van der Waals surface area contributed by atoms with Crippen molar-refractivity contribution in [1.29, 1.82) is 0 Å². The van der Waals surface area contributed by atoms with Crippen LogP contribution in [-0.4, -0.2) is 21.4 Å². The summed E-state index contributed by atoms with van der Waals surface area (Å²) in [6.07, 6.45) is 0. The number of nitrogens with zero attached hydrogens (tertiary/aromatic N) is 1. The third kappa shape index (κ3) is 2.72. The first-order valence-corrected chi connectivity index (χ1v) is 5.09. The standard InChI is InChI=1S/C9H5BrClNO2/c10-5-1-2-6-3-4-7(11)12-8(6)9(13)14/h3-4H,5H2,(H,13,14). The smallest absolute Gasteiger partial charge is 0.355 e. The van der Waals surface area contributed by atoms with E-state index in [-0.39, 0.29) is 10.8 Å². The molecule has 3 nitrogen and oxygen atoms in total. The lowest BCUT2D eigenvalue weighted by Crippen LogP contribution is -2.03. The third-order valence-electron chi connectivity index (χ3n) is 1.35. The van der Waals surface area contributed by atoms with E-state index in [0.29, 0.717) is 10.9 Å². The summed E-state index contributed by atoms with van der Waals surface area (Å²) in [5, 5.41) is 9.41. The lowest BCUT2D eigenvalue weighted by atomic mass is 10.2. The van der Waals surface area contributed by atoms with Crippen molar-refractivity contribution >= 4 is 33.5 Å². The highest BCUT2D eigenvalue weighted by atomic mass is 79.9. The fourth-order valence-electron chi connectivity index (χ4n) is 0.828. The van der Waals surface area contributed by atoms with E-state index in [1.165, 1.54) is 12.1 Å². The van der Waals surface area contributed by atoms with Crippen LogP contribution in [0.2, 0.25) is 5.15 Å². The Morgan fingerprint density at radius 3 is 2.93 bits per heavy atom. The topological polar surface area (TPSA) is 50.2 Å². The number of aromatic carboxylic acids is 1. The van der Waals surface area contributed by atoms with Gasteiger partial charge >= 0.3 is 5.97 Å². The SMILES string of the molecule is O=C(O)c1nc(Cl)ccc1C#CCBr. The van der Waals surface area contributed by atoms with Gasteiger partial charge in [0, 0.05) is 0 Å². The van der Waals surface area contributed by atoms with Crippen molar-refractivity contribution in [3.05, 3.63) is 28.5 Å². The molecular formula is C9H5BrClNO2. The van der Waals surface area contributed by atoms with Crippen LogP contribution in [0.5, 0.6) is 0 Å². The van der Waals surface area contributed by atoms with Gasteiger partial charge in [-0.3, -0.25) is 0 Å². The Morgan fingerprint density at radius 1 is 1.64 bits per heavy atom. The second-order valence-electron chi connectivity index (χ2n) is 2.27. The summed E-state index contributed by atoms with van der Waals surface area (Å²) in [6, 6.07) is 3.04. The average Bonchev–Trinajstić information content (AvgIpc) is 2.15.